The highest BCUT2D eigenvalue weighted by Crippen LogP contribution is 2.33. The zero-order chi connectivity index (χ0) is 11.7. The SMILES string of the molecule is CCN=C1N[C@@H]2C(O)C(O)C(CO)O[C@H]2S1. The molecule has 3 unspecified atom stereocenters. The van der Waals surface area contributed by atoms with Crippen LogP contribution in [0.2, 0.25) is 0 Å². The molecule has 0 radical (unpaired) electrons. The molecule has 0 saturated carbocycles. The lowest BCUT2D eigenvalue weighted by atomic mass is 9.98. The van der Waals surface area contributed by atoms with Crippen molar-refractivity contribution in [3.8, 4) is 0 Å². The molecule has 0 spiro atoms. The van der Waals surface area contributed by atoms with Gasteiger partial charge in [-0.2, -0.15) is 0 Å². The van der Waals surface area contributed by atoms with Gasteiger partial charge in [0.15, 0.2) is 5.17 Å². The largest absolute Gasteiger partial charge is 0.394 e. The third-order valence-electron chi connectivity index (χ3n) is 2.70. The lowest BCUT2D eigenvalue weighted by Crippen LogP contribution is -2.59. The molecule has 4 N–H and O–H groups in total. The van der Waals surface area contributed by atoms with Crippen molar-refractivity contribution >= 4 is 16.9 Å². The molecule has 2 aliphatic rings. The summed E-state index contributed by atoms with van der Waals surface area (Å²) in [4.78, 5) is 4.19. The van der Waals surface area contributed by atoms with E-state index in [0.29, 0.717) is 11.7 Å². The van der Waals surface area contributed by atoms with Crippen molar-refractivity contribution in [1.82, 2.24) is 5.32 Å². The van der Waals surface area contributed by atoms with E-state index in [9.17, 15) is 10.2 Å². The number of nitrogens with one attached hydrogen (secondary N) is 1. The second-order valence-corrected chi connectivity index (χ2v) is 4.86. The zero-order valence-electron chi connectivity index (χ0n) is 8.91. The number of hydrogen-bond acceptors (Lipinski definition) is 6. The van der Waals surface area contributed by atoms with Gasteiger partial charge in [-0.15, -0.1) is 0 Å². The Bertz CT molecular complexity index is 289. The van der Waals surface area contributed by atoms with Crippen molar-refractivity contribution in [3.63, 3.8) is 0 Å². The van der Waals surface area contributed by atoms with E-state index >= 15 is 0 Å². The number of ether oxygens (including phenoxy) is 1. The normalized spacial score (nSPS) is 45.5. The van der Waals surface area contributed by atoms with E-state index in [1.165, 1.54) is 11.8 Å². The number of amidine groups is 1. The lowest BCUT2D eigenvalue weighted by molar-refractivity contribution is -0.167. The quantitative estimate of drug-likeness (QED) is 0.475. The number of aliphatic hydroxyl groups excluding tert-OH is 3. The molecule has 2 saturated heterocycles. The van der Waals surface area contributed by atoms with Gasteiger partial charge in [-0.1, -0.05) is 11.8 Å². The summed E-state index contributed by atoms with van der Waals surface area (Å²) in [5, 5.41) is 32.3. The molecule has 7 heteroatoms. The Labute approximate surface area is 97.7 Å². The first kappa shape index (κ1) is 12.1. The second-order valence-electron chi connectivity index (χ2n) is 3.77. The van der Waals surface area contributed by atoms with Gasteiger partial charge in [0.25, 0.3) is 0 Å². The Kier molecular flexibility index (Phi) is 3.70. The highest BCUT2D eigenvalue weighted by atomic mass is 32.2. The maximum Gasteiger partial charge on any atom is 0.159 e. The summed E-state index contributed by atoms with van der Waals surface area (Å²) in [6.07, 6.45) is -2.75. The smallest absolute Gasteiger partial charge is 0.159 e. The predicted molar refractivity (Wildman–Crippen MR) is 60.3 cm³/mol. The van der Waals surface area contributed by atoms with Crippen LogP contribution in [-0.2, 0) is 4.74 Å². The second kappa shape index (κ2) is 4.89. The first-order valence-corrected chi connectivity index (χ1v) is 6.15. The van der Waals surface area contributed by atoms with E-state index < -0.39 is 18.3 Å². The molecular formula is C9H16N2O4S. The molecule has 2 heterocycles. The summed E-state index contributed by atoms with van der Waals surface area (Å²) in [5.74, 6) is 0. The monoisotopic (exact) mass is 248 g/mol. The van der Waals surface area contributed by atoms with Gasteiger partial charge in [0.05, 0.1) is 12.6 Å². The van der Waals surface area contributed by atoms with Gasteiger partial charge in [-0.05, 0) is 6.92 Å². The van der Waals surface area contributed by atoms with Crippen LogP contribution in [0, 0.1) is 0 Å². The molecule has 92 valence electrons. The van der Waals surface area contributed by atoms with Crippen molar-refractivity contribution in [2.75, 3.05) is 13.2 Å². The molecule has 0 aromatic carbocycles. The van der Waals surface area contributed by atoms with Gasteiger partial charge in [-0.3, -0.25) is 4.99 Å². The summed E-state index contributed by atoms with van der Waals surface area (Å²) in [6.45, 7) is 2.26. The van der Waals surface area contributed by atoms with Gasteiger partial charge in [-0.25, -0.2) is 0 Å². The molecule has 16 heavy (non-hydrogen) atoms. The third kappa shape index (κ3) is 2.05. The fraction of sp³-hybridized carbons (Fsp3) is 0.889. The molecule has 5 atom stereocenters. The maximum atomic E-state index is 9.86. The van der Waals surface area contributed by atoms with Crippen LogP contribution in [0.25, 0.3) is 0 Å². The Morgan fingerprint density at radius 1 is 1.44 bits per heavy atom. The summed E-state index contributed by atoms with van der Waals surface area (Å²) >= 11 is 1.38. The van der Waals surface area contributed by atoms with E-state index in [1.807, 2.05) is 6.92 Å². The number of hydrogen-bond donors (Lipinski definition) is 4. The number of thioether (sulfide) groups is 1. The van der Waals surface area contributed by atoms with Crippen molar-refractivity contribution < 1.29 is 20.1 Å². The molecule has 0 aromatic heterocycles. The predicted octanol–water partition coefficient (Wildman–Crippen LogP) is -1.49. The summed E-state index contributed by atoms with van der Waals surface area (Å²) in [7, 11) is 0. The van der Waals surface area contributed by atoms with Crippen molar-refractivity contribution in [1.29, 1.82) is 0 Å². The minimum atomic E-state index is -1.07. The van der Waals surface area contributed by atoms with E-state index in [-0.39, 0.29) is 18.1 Å². The van der Waals surface area contributed by atoms with Crippen LogP contribution >= 0.6 is 11.8 Å². The summed E-state index contributed by atoms with van der Waals surface area (Å²) < 4.78 is 5.48. The Morgan fingerprint density at radius 3 is 2.81 bits per heavy atom. The van der Waals surface area contributed by atoms with E-state index in [1.54, 1.807) is 0 Å². The fourth-order valence-electron chi connectivity index (χ4n) is 1.85. The van der Waals surface area contributed by atoms with E-state index in [4.69, 9.17) is 9.84 Å². The molecule has 0 amide bonds. The lowest BCUT2D eigenvalue weighted by Gasteiger charge is -2.38. The first-order chi connectivity index (χ1) is 7.67. The van der Waals surface area contributed by atoms with Crippen LogP contribution in [0.4, 0.5) is 0 Å². The van der Waals surface area contributed by atoms with Crippen molar-refractivity contribution in [3.05, 3.63) is 0 Å². The van der Waals surface area contributed by atoms with Gasteiger partial charge in [0.1, 0.15) is 23.7 Å². The highest BCUT2D eigenvalue weighted by molar-refractivity contribution is 8.14. The molecule has 0 aromatic rings. The average Bonchev–Trinajstić information content (AvgIpc) is 2.67. The van der Waals surface area contributed by atoms with Crippen LogP contribution in [0.15, 0.2) is 4.99 Å². The van der Waals surface area contributed by atoms with Gasteiger partial charge in [0.2, 0.25) is 0 Å². The number of rotatable bonds is 2. The van der Waals surface area contributed by atoms with Crippen LogP contribution in [0.5, 0.6) is 0 Å². The molecule has 0 aliphatic carbocycles. The van der Waals surface area contributed by atoms with Crippen molar-refractivity contribution in [2.24, 2.45) is 4.99 Å². The van der Waals surface area contributed by atoms with Gasteiger partial charge >= 0.3 is 0 Å². The topological polar surface area (TPSA) is 94.3 Å². The van der Waals surface area contributed by atoms with Gasteiger partial charge < -0.3 is 25.4 Å². The van der Waals surface area contributed by atoms with Crippen molar-refractivity contribution in [2.45, 2.75) is 36.7 Å². The maximum absolute atomic E-state index is 9.86. The van der Waals surface area contributed by atoms with Crippen LogP contribution in [0.3, 0.4) is 0 Å². The first-order valence-electron chi connectivity index (χ1n) is 5.27. The number of aliphatic imine (C=N–C) groups is 1. The fourth-order valence-corrected chi connectivity index (χ4v) is 3.05. The molecular weight excluding hydrogens is 232 g/mol. The minimum Gasteiger partial charge on any atom is -0.394 e. The molecule has 2 fully saturated rings. The number of aliphatic hydroxyl groups is 3. The van der Waals surface area contributed by atoms with Crippen LogP contribution < -0.4 is 5.32 Å². The number of fused-ring (bicyclic) bond motifs is 1. The Balaban J connectivity index is 2.10. The number of nitrogens with zero attached hydrogens (tertiary/aromatic N) is 1. The third-order valence-corrected chi connectivity index (χ3v) is 3.81. The average molecular weight is 248 g/mol. The van der Waals surface area contributed by atoms with E-state index in [0.717, 1.165) is 0 Å². The molecule has 6 nitrogen and oxygen atoms in total. The highest BCUT2D eigenvalue weighted by Gasteiger charge is 2.48. The van der Waals surface area contributed by atoms with Crippen LogP contribution in [-0.4, -0.2) is 63.4 Å². The molecule has 2 aliphatic heterocycles. The zero-order valence-corrected chi connectivity index (χ0v) is 9.72. The van der Waals surface area contributed by atoms with Gasteiger partial charge in [0, 0.05) is 6.54 Å². The molecule has 2 rings (SSSR count). The Morgan fingerprint density at radius 2 is 2.19 bits per heavy atom. The van der Waals surface area contributed by atoms with E-state index in [2.05, 4.69) is 10.3 Å². The Hall–Kier alpha value is -0.340. The summed E-state index contributed by atoms with van der Waals surface area (Å²) in [6, 6.07) is -0.368. The standard InChI is InChI=1S/C9H16N2O4S/c1-2-10-9-11-5-7(14)6(13)4(3-12)15-8(5)16-9/h4-8,12-14H,2-3H2,1H3,(H,10,11)/t4?,5-,6?,7?,8+/m1/s1. The van der Waals surface area contributed by atoms with Crippen LogP contribution in [0.1, 0.15) is 6.92 Å². The minimum absolute atomic E-state index is 0.303. The summed E-state index contributed by atoms with van der Waals surface area (Å²) in [5.41, 5.74) is -0.305. The molecule has 0 bridgehead atoms.